The summed E-state index contributed by atoms with van der Waals surface area (Å²) < 4.78 is 33.3. The predicted molar refractivity (Wildman–Crippen MR) is 106 cm³/mol. The number of rotatable bonds is 5. The van der Waals surface area contributed by atoms with Crippen molar-refractivity contribution in [3.63, 3.8) is 0 Å². The molecule has 0 saturated carbocycles. The lowest BCUT2D eigenvalue weighted by Gasteiger charge is -2.32. The van der Waals surface area contributed by atoms with Gasteiger partial charge in [-0.1, -0.05) is 12.1 Å². The number of nitrogens with zero attached hydrogens (tertiary/aromatic N) is 1. The summed E-state index contributed by atoms with van der Waals surface area (Å²) in [6.45, 7) is 4.45. The number of hydrogen-bond donors (Lipinski definition) is 0. The number of fused-ring (bicyclic) bond motifs is 1. The summed E-state index contributed by atoms with van der Waals surface area (Å²) in [4.78, 5) is 1.49. The summed E-state index contributed by atoms with van der Waals surface area (Å²) in [6.07, 6.45) is 3.72. The Hall–Kier alpha value is -1.50. The van der Waals surface area contributed by atoms with Crippen LogP contribution in [0.25, 0.3) is 0 Å². The average Bonchev–Trinajstić information content (AvgIpc) is 2.61. The number of ether oxygens (including phenoxy) is 1. The summed E-state index contributed by atoms with van der Waals surface area (Å²) in [5.41, 5.74) is 1.73. The molecule has 0 radical (unpaired) electrons. The van der Waals surface area contributed by atoms with Gasteiger partial charge in [0.25, 0.3) is 0 Å². The highest BCUT2D eigenvalue weighted by molar-refractivity contribution is 7.98. The lowest BCUT2D eigenvalue weighted by atomic mass is 9.94. The second-order valence-electron chi connectivity index (χ2n) is 7.24. The molecule has 0 spiro atoms. The van der Waals surface area contributed by atoms with E-state index in [9.17, 15) is 8.42 Å². The van der Waals surface area contributed by atoms with Crippen molar-refractivity contribution >= 4 is 21.8 Å². The van der Waals surface area contributed by atoms with Crippen molar-refractivity contribution in [3.05, 3.63) is 53.6 Å². The molecule has 0 atom stereocenters. The second kappa shape index (κ2) is 7.25. The minimum atomic E-state index is -3.54. The molecular formula is C20H25NO3S2. The van der Waals surface area contributed by atoms with Crippen LogP contribution in [0.3, 0.4) is 0 Å². The Bertz CT molecular complexity index is 890. The molecule has 0 aliphatic carbocycles. The molecule has 1 aliphatic heterocycles. The Balaban J connectivity index is 1.81. The van der Waals surface area contributed by atoms with Gasteiger partial charge in [0.15, 0.2) is 0 Å². The zero-order chi connectivity index (χ0) is 18.9. The van der Waals surface area contributed by atoms with Crippen LogP contribution in [-0.4, -0.2) is 31.6 Å². The molecule has 2 aromatic rings. The van der Waals surface area contributed by atoms with Gasteiger partial charge in [0.05, 0.1) is 4.90 Å². The lowest BCUT2D eigenvalue weighted by molar-refractivity contribution is 0.0845. The molecule has 0 amide bonds. The molecule has 2 aromatic carbocycles. The van der Waals surface area contributed by atoms with Gasteiger partial charge in [0, 0.05) is 18.5 Å². The van der Waals surface area contributed by atoms with Crippen LogP contribution >= 0.6 is 11.8 Å². The van der Waals surface area contributed by atoms with E-state index in [1.54, 1.807) is 37.0 Å². The van der Waals surface area contributed by atoms with Crippen molar-refractivity contribution in [3.8, 4) is 5.75 Å². The maximum atomic E-state index is 13.0. The molecule has 1 aliphatic rings. The van der Waals surface area contributed by atoms with Crippen LogP contribution in [0.4, 0.5) is 0 Å². The maximum Gasteiger partial charge on any atom is 0.243 e. The van der Waals surface area contributed by atoms with E-state index in [0.717, 1.165) is 34.6 Å². The SMILES string of the molecule is CSc1ccc(CN(C)S(=O)(=O)c2ccc3c(c2)CCC(C)(C)O3)cc1. The molecule has 0 bridgehead atoms. The Labute approximate surface area is 160 Å². The number of hydrogen-bond acceptors (Lipinski definition) is 4. The first-order chi connectivity index (χ1) is 12.2. The molecule has 1 heterocycles. The van der Waals surface area contributed by atoms with Gasteiger partial charge in [0.1, 0.15) is 11.4 Å². The summed E-state index contributed by atoms with van der Waals surface area (Å²) in [6, 6.07) is 13.2. The van der Waals surface area contributed by atoms with Crippen molar-refractivity contribution in [1.82, 2.24) is 4.31 Å². The van der Waals surface area contributed by atoms with E-state index in [-0.39, 0.29) is 5.60 Å². The number of benzene rings is 2. The fourth-order valence-corrected chi connectivity index (χ4v) is 4.67. The van der Waals surface area contributed by atoms with E-state index in [0.29, 0.717) is 11.4 Å². The maximum absolute atomic E-state index is 13.0. The van der Waals surface area contributed by atoms with Crippen molar-refractivity contribution in [1.29, 1.82) is 0 Å². The fourth-order valence-electron chi connectivity index (χ4n) is 3.05. The van der Waals surface area contributed by atoms with Gasteiger partial charge in [-0.25, -0.2) is 8.42 Å². The minimum Gasteiger partial charge on any atom is -0.488 e. The lowest BCUT2D eigenvalue weighted by Crippen LogP contribution is -2.33. The van der Waals surface area contributed by atoms with Gasteiger partial charge in [-0.15, -0.1) is 11.8 Å². The zero-order valence-electron chi connectivity index (χ0n) is 15.7. The Morgan fingerprint density at radius 3 is 2.50 bits per heavy atom. The van der Waals surface area contributed by atoms with E-state index < -0.39 is 10.0 Å². The van der Waals surface area contributed by atoms with Crippen molar-refractivity contribution < 1.29 is 13.2 Å². The van der Waals surface area contributed by atoms with E-state index in [1.807, 2.05) is 30.5 Å². The van der Waals surface area contributed by atoms with Gasteiger partial charge in [0.2, 0.25) is 10.0 Å². The van der Waals surface area contributed by atoms with Gasteiger partial charge in [-0.3, -0.25) is 0 Å². The first-order valence-electron chi connectivity index (χ1n) is 8.62. The molecule has 6 heteroatoms. The summed E-state index contributed by atoms with van der Waals surface area (Å²) in [5, 5.41) is 0. The van der Waals surface area contributed by atoms with Crippen LogP contribution in [0, 0.1) is 0 Å². The minimum absolute atomic E-state index is 0.201. The first kappa shape index (κ1) is 19.3. The monoisotopic (exact) mass is 391 g/mol. The van der Waals surface area contributed by atoms with Gasteiger partial charge < -0.3 is 4.74 Å². The fraction of sp³-hybridized carbons (Fsp3) is 0.400. The molecule has 0 unspecified atom stereocenters. The Morgan fingerprint density at radius 1 is 1.15 bits per heavy atom. The van der Waals surface area contributed by atoms with Crippen LogP contribution < -0.4 is 4.74 Å². The highest BCUT2D eigenvalue weighted by Gasteiger charge is 2.28. The number of sulfonamides is 1. The van der Waals surface area contributed by atoms with E-state index in [4.69, 9.17) is 4.74 Å². The molecule has 0 aromatic heterocycles. The van der Waals surface area contributed by atoms with E-state index in [2.05, 4.69) is 13.8 Å². The van der Waals surface area contributed by atoms with Crippen molar-refractivity contribution in [2.75, 3.05) is 13.3 Å². The highest BCUT2D eigenvalue weighted by atomic mass is 32.2. The molecule has 140 valence electrons. The number of thioether (sulfide) groups is 1. The topological polar surface area (TPSA) is 46.6 Å². The van der Waals surface area contributed by atoms with Gasteiger partial charge in [-0.05, 0) is 74.4 Å². The molecular weight excluding hydrogens is 366 g/mol. The van der Waals surface area contributed by atoms with Crippen LogP contribution in [-0.2, 0) is 23.0 Å². The third kappa shape index (κ3) is 4.08. The smallest absolute Gasteiger partial charge is 0.243 e. The summed E-state index contributed by atoms with van der Waals surface area (Å²) in [7, 11) is -1.92. The van der Waals surface area contributed by atoms with Crippen LogP contribution in [0.1, 0.15) is 31.4 Å². The standard InChI is InChI=1S/C20H25NO3S2/c1-20(2)12-11-16-13-18(9-10-19(16)24-20)26(22,23)21(3)14-15-5-7-17(25-4)8-6-15/h5-10,13H,11-12,14H2,1-4H3. The van der Waals surface area contributed by atoms with Crippen molar-refractivity contribution in [2.24, 2.45) is 0 Å². The summed E-state index contributed by atoms with van der Waals surface area (Å²) in [5.74, 6) is 0.788. The molecule has 0 fully saturated rings. The molecule has 3 rings (SSSR count). The predicted octanol–water partition coefficient (Wildman–Crippen LogP) is 4.33. The second-order valence-corrected chi connectivity index (χ2v) is 10.2. The molecule has 26 heavy (non-hydrogen) atoms. The third-order valence-corrected chi connectivity index (χ3v) is 7.23. The van der Waals surface area contributed by atoms with Gasteiger partial charge >= 0.3 is 0 Å². The Kier molecular flexibility index (Phi) is 5.37. The highest BCUT2D eigenvalue weighted by Crippen LogP contribution is 2.34. The molecule has 0 N–H and O–H groups in total. The van der Waals surface area contributed by atoms with Crippen LogP contribution in [0.5, 0.6) is 5.75 Å². The van der Waals surface area contributed by atoms with Crippen molar-refractivity contribution in [2.45, 2.75) is 48.6 Å². The molecule has 0 saturated heterocycles. The van der Waals surface area contributed by atoms with Crippen LogP contribution in [0.2, 0.25) is 0 Å². The summed E-state index contributed by atoms with van der Waals surface area (Å²) >= 11 is 1.67. The third-order valence-electron chi connectivity index (χ3n) is 4.69. The van der Waals surface area contributed by atoms with E-state index >= 15 is 0 Å². The first-order valence-corrected chi connectivity index (χ1v) is 11.3. The normalized spacial score (nSPS) is 16.2. The van der Waals surface area contributed by atoms with Crippen LogP contribution in [0.15, 0.2) is 52.3 Å². The number of aryl methyl sites for hydroxylation is 1. The van der Waals surface area contributed by atoms with E-state index in [1.165, 1.54) is 4.31 Å². The Morgan fingerprint density at radius 2 is 1.85 bits per heavy atom. The average molecular weight is 392 g/mol. The van der Waals surface area contributed by atoms with Gasteiger partial charge in [-0.2, -0.15) is 4.31 Å². The largest absolute Gasteiger partial charge is 0.488 e. The molecule has 4 nitrogen and oxygen atoms in total. The zero-order valence-corrected chi connectivity index (χ0v) is 17.3. The quantitative estimate of drug-likeness (QED) is 0.712.